The summed E-state index contributed by atoms with van der Waals surface area (Å²) in [5, 5.41) is 9.27. The van der Waals surface area contributed by atoms with Crippen LogP contribution in [0.3, 0.4) is 0 Å². The largest absolute Gasteiger partial charge is 0.501 e. The summed E-state index contributed by atoms with van der Waals surface area (Å²) in [6.07, 6.45) is 1.81. The standard InChI is InChI=1S/C55H41N2O.C14H15N2.Ir/c1-33(2)46-30-41(36-16-9-6-10-17-36)31-47(34(3)4)52(46)57-53-43-19-12-11-18-37(43)25-27-50(53)56-55(57)45-21-13-20-44-49-29-40-23-22-39-28-38(35-14-7-5-8-15-35)24-26-42(39)48(40)32-51(49)58-54(44)45;1-14(2,3)12-9-10-15-13(16-12)11-7-5-4-6-8-11;/h5-20,22-34H,1-4H3;4-7,9-10H,1-3H3;/q2*-1;. The Hall–Kier alpha value is -8.02. The molecule has 75 heavy (non-hydrogen) atoms. The molecular formula is C69H56IrN4O-2. The zero-order valence-corrected chi connectivity index (χ0v) is 45.6. The van der Waals surface area contributed by atoms with Gasteiger partial charge in [0.25, 0.3) is 0 Å². The van der Waals surface area contributed by atoms with E-state index in [1.54, 1.807) is 0 Å². The van der Waals surface area contributed by atoms with Crippen LogP contribution in [-0.4, -0.2) is 19.5 Å². The SMILES string of the molecule is CC(C)(C)c1ccnc(-c2[c-]cccc2)n1.CC(C)c1cc(-c2ccccc2)cc(C(C)C)c1-n1c(-c2[c-]ccc3c2oc2cc4c(ccc5cc(-c6ccccc6)ccc54)cc23)nc2ccc3ccccc3c21.[Ir]. The third-order valence-corrected chi connectivity index (χ3v) is 14.4. The molecule has 13 aromatic rings. The fourth-order valence-electron chi connectivity index (χ4n) is 10.6. The third kappa shape index (κ3) is 9.13. The van der Waals surface area contributed by atoms with E-state index in [-0.39, 0.29) is 37.4 Å². The normalized spacial score (nSPS) is 11.8. The fraction of sp³-hybridized carbons (Fsp3) is 0.145. The van der Waals surface area contributed by atoms with E-state index in [1.165, 1.54) is 71.4 Å². The van der Waals surface area contributed by atoms with E-state index in [4.69, 9.17) is 9.40 Å². The molecule has 13 rings (SSSR count). The molecule has 0 unspecified atom stereocenters. The van der Waals surface area contributed by atoms with E-state index in [1.807, 2.05) is 42.6 Å². The van der Waals surface area contributed by atoms with Gasteiger partial charge in [-0.25, -0.2) is 0 Å². The fourth-order valence-corrected chi connectivity index (χ4v) is 10.6. The molecule has 5 nitrogen and oxygen atoms in total. The van der Waals surface area contributed by atoms with Crippen molar-refractivity contribution in [3.63, 3.8) is 0 Å². The van der Waals surface area contributed by atoms with Crippen LogP contribution in [0.2, 0.25) is 0 Å². The number of furan rings is 1. The Morgan fingerprint density at radius 3 is 1.87 bits per heavy atom. The first kappa shape index (κ1) is 49.2. The van der Waals surface area contributed by atoms with Gasteiger partial charge in [-0.05, 0) is 115 Å². The second kappa shape index (κ2) is 20.0. The average molecular weight is 1150 g/mol. The number of hydrogen-bond donors (Lipinski definition) is 0. The second-order valence-corrected chi connectivity index (χ2v) is 21.0. The Morgan fingerprint density at radius 1 is 0.507 bits per heavy atom. The molecule has 0 fully saturated rings. The summed E-state index contributed by atoms with van der Waals surface area (Å²) in [7, 11) is 0. The minimum atomic E-state index is 0. The van der Waals surface area contributed by atoms with Crippen molar-refractivity contribution in [2.45, 2.75) is 65.7 Å². The molecule has 0 atom stereocenters. The number of nitrogens with zero attached hydrogens (tertiary/aromatic N) is 4. The van der Waals surface area contributed by atoms with E-state index < -0.39 is 0 Å². The summed E-state index contributed by atoms with van der Waals surface area (Å²) in [4.78, 5) is 14.4. The summed E-state index contributed by atoms with van der Waals surface area (Å²) in [6, 6.07) is 75.6. The van der Waals surface area contributed by atoms with E-state index in [2.05, 4.69) is 233 Å². The van der Waals surface area contributed by atoms with Crippen LogP contribution in [0.5, 0.6) is 0 Å². The van der Waals surface area contributed by atoms with Gasteiger partial charge in [-0.3, -0.25) is 15.0 Å². The molecule has 6 heteroatoms. The quantitative estimate of drug-likeness (QED) is 0.118. The monoisotopic (exact) mass is 1150 g/mol. The predicted octanol–water partition coefficient (Wildman–Crippen LogP) is 18.7. The molecule has 0 bridgehead atoms. The van der Waals surface area contributed by atoms with Crippen molar-refractivity contribution in [1.82, 2.24) is 19.5 Å². The van der Waals surface area contributed by atoms with Crippen molar-refractivity contribution in [3.8, 4) is 50.7 Å². The predicted molar refractivity (Wildman–Crippen MR) is 309 cm³/mol. The van der Waals surface area contributed by atoms with Crippen LogP contribution in [0.1, 0.15) is 77.1 Å². The van der Waals surface area contributed by atoms with E-state index in [0.717, 1.165) is 61.4 Å². The Morgan fingerprint density at radius 2 is 1.17 bits per heavy atom. The Labute approximate surface area is 452 Å². The van der Waals surface area contributed by atoms with Crippen LogP contribution < -0.4 is 0 Å². The van der Waals surface area contributed by atoms with Gasteiger partial charge in [-0.1, -0.05) is 175 Å². The van der Waals surface area contributed by atoms with Gasteiger partial charge >= 0.3 is 0 Å². The summed E-state index contributed by atoms with van der Waals surface area (Å²) in [5.74, 6) is 2.06. The molecule has 0 aliphatic carbocycles. The first-order chi connectivity index (χ1) is 36.0. The Kier molecular flexibility index (Phi) is 13.1. The van der Waals surface area contributed by atoms with Crippen LogP contribution in [0.4, 0.5) is 0 Å². The molecule has 0 aliphatic rings. The van der Waals surface area contributed by atoms with Crippen molar-refractivity contribution in [3.05, 3.63) is 229 Å². The average Bonchev–Trinajstić information content (AvgIpc) is 4.02. The first-order valence-corrected chi connectivity index (χ1v) is 25.7. The number of fused-ring (bicyclic) bond motifs is 9. The first-order valence-electron chi connectivity index (χ1n) is 25.7. The molecule has 1 radical (unpaired) electrons. The maximum Gasteiger partial charge on any atom is 0.121 e. The summed E-state index contributed by atoms with van der Waals surface area (Å²) in [5.41, 5.74) is 15.2. The number of hydrogen-bond acceptors (Lipinski definition) is 4. The molecule has 0 saturated heterocycles. The van der Waals surface area contributed by atoms with Crippen molar-refractivity contribution < 1.29 is 24.5 Å². The van der Waals surface area contributed by atoms with Crippen LogP contribution in [0.15, 0.2) is 205 Å². The molecule has 0 amide bonds. The van der Waals surface area contributed by atoms with Crippen LogP contribution in [0.25, 0.3) is 116 Å². The van der Waals surface area contributed by atoms with Gasteiger partial charge in [0.05, 0.1) is 28.3 Å². The van der Waals surface area contributed by atoms with Crippen molar-refractivity contribution in [2.24, 2.45) is 0 Å². The van der Waals surface area contributed by atoms with Gasteiger partial charge in [0.2, 0.25) is 0 Å². The van der Waals surface area contributed by atoms with Gasteiger partial charge in [-0.15, -0.1) is 54.1 Å². The molecule has 3 aromatic heterocycles. The minimum Gasteiger partial charge on any atom is -0.501 e. The van der Waals surface area contributed by atoms with Crippen molar-refractivity contribution in [1.29, 1.82) is 0 Å². The molecule has 0 saturated carbocycles. The molecular weight excluding hydrogens is 1090 g/mol. The van der Waals surface area contributed by atoms with Crippen LogP contribution >= 0.6 is 0 Å². The summed E-state index contributed by atoms with van der Waals surface area (Å²) < 4.78 is 9.44. The zero-order chi connectivity index (χ0) is 50.7. The number of imidazole rings is 1. The smallest absolute Gasteiger partial charge is 0.121 e. The molecule has 0 N–H and O–H groups in total. The van der Waals surface area contributed by atoms with Gasteiger partial charge < -0.3 is 8.98 Å². The maximum absolute atomic E-state index is 7.01. The van der Waals surface area contributed by atoms with Crippen LogP contribution in [0, 0.1) is 12.1 Å². The third-order valence-electron chi connectivity index (χ3n) is 14.4. The molecule has 0 aliphatic heterocycles. The number of rotatable bonds is 7. The van der Waals surface area contributed by atoms with E-state index in [9.17, 15) is 0 Å². The van der Waals surface area contributed by atoms with E-state index >= 15 is 0 Å². The zero-order valence-electron chi connectivity index (χ0n) is 43.2. The van der Waals surface area contributed by atoms with Crippen LogP contribution in [-0.2, 0) is 25.5 Å². The molecule has 0 spiro atoms. The van der Waals surface area contributed by atoms with Gasteiger partial charge in [-0.2, -0.15) is 0 Å². The number of aromatic nitrogens is 4. The molecule has 3 heterocycles. The van der Waals surface area contributed by atoms with Gasteiger partial charge in [0, 0.05) is 53.9 Å². The topological polar surface area (TPSA) is 56.7 Å². The molecule has 369 valence electrons. The summed E-state index contributed by atoms with van der Waals surface area (Å²) >= 11 is 0. The second-order valence-electron chi connectivity index (χ2n) is 21.0. The molecule has 10 aromatic carbocycles. The van der Waals surface area contributed by atoms with E-state index in [0.29, 0.717) is 0 Å². The Balaban J connectivity index is 0.000000304. The maximum atomic E-state index is 7.01. The number of benzene rings is 10. The van der Waals surface area contributed by atoms with Gasteiger partial charge in [0.15, 0.2) is 0 Å². The van der Waals surface area contributed by atoms with Gasteiger partial charge in [0.1, 0.15) is 5.58 Å². The van der Waals surface area contributed by atoms with Crippen molar-refractivity contribution in [2.75, 3.05) is 0 Å². The van der Waals surface area contributed by atoms with Crippen molar-refractivity contribution >= 4 is 65.3 Å². The Bertz CT molecular complexity index is 4200. The minimum absolute atomic E-state index is 0. The summed E-state index contributed by atoms with van der Waals surface area (Å²) in [6.45, 7) is 15.7.